The molecule has 3 fully saturated rings. The predicted octanol–water partition coefficient (Wildman–Crippen LogP) is 4.88. The Balaban J connectivity index is 1.09. The Morgan fingerprint density at radius 3 is 2.81 bits per heavy atom. The van der Waals surface area contributed by atoms with Crippen molar-refractivity contribution in [3.05, 3.63) is 41.2 Å². The minimum atomic E-state index is -0.333. The van der Waals surface area contributed by atoms with E-state index in [-0.39, 0.29) is 5.82 Å². The van der Waals surface area contributed by atoms with E-state index in [0.29, 0.717) is 27.6 Å². The summed E-state index contributed by atoms with van der Waals surface area (Å²) < 4.78 is 19.2. The number of likely N-dealkylation sites (tertiary alicyclic amines) is 1. The summed E-state index contributed by atoms with van der Waals surface area (Å²) in [5, 5.41) is 12.4. The molecule has 1 aromatic heterocycles. The molecule has 5 rings (SSSR count). The zero-order valence-corrected chi connectivity index (χ0v) is 18.6. The van der Waals surface area contributed by atoms with Crippen molar-refractivity contribution in [2.24, 2.45) is 17.3 Å². The van der Waals surface area contributed by atoms with E-state index in [9.17, 15) is 4.39 Å². The van der Waals surface area contributed by atoms with Gasteiger partial charge in [-0.2, -0.15) is 0 Å². The molecule has 2 unspecified atom stereocenters. The number of nitrogens with zero attached hydrogens (tertiary/aromatic N) is 3. The third kappa shape index (κ3) is 4.86. The summed E-state index contributed by atoms with van der Waals surface area (Å²) in [5.41, 5.74) is 1.66. The van der Waals surface area contributed by atoms with Crippen LogP contribution >= 0.6 is 11.6 Å². The molecule has 166 valence electrons. The molecule has 1 aliphatic carbocycles. The minimum Gasteiger partial charge on any atom is -0.381 e. The largest absolute Gasteiger partial charge is 0.381 e. The first-order valence-corrected chi connectivity index (χ1v) is 11.8. The van der Waals surface area contributed by atoms with Crippen LogP contribution in [-0.2, 0) is 4.74 Å². The van der Waals surface area contributed by atoms with Crippen LogP contribution in [0, 0.1) is 23.1 Å². The van der Waals surface area contributed by atoms with Crippen LogP contribution in [-0.4, -0.2) is 54.5 Å². The van der Waals surface area contributed by atoms with E-state index >= 15 is 0 Å². The summed E-state index contributed by atoms with van der Waals surface area (Å²) in [4.78, 5) is 2.65. The molecule has 2 aromatic rings. The molecule has 31 heavy (non-hydrogen) atoms. The lowest BCUT2D eigenvalue weighted by Crippen LogP contribution is -2.40. The van der Waals surface area contributed by atoms with Gasteiger partial charge in [0.05, 0.1) is 17.3 Å². The van der Waals surface area contributed by atoms with Crippen molar-refractivity contribution in [1.29, 1.82) is 0 Å². The van der Waals surface area contributed by atoms with Crippen LogP contribution in [0.3, 0.4) is 0 Å². The molecule has 0 amide bonds. The van der Waals surface area contributed by atoms with Gasteiger partial charge in [0, 0.05) is 25.3 Å². The number of aromatic nitrogens is 2. The second-order valence-corrected chi connectivity index (χ2v) is 9.86. The van der Waals surface area contributed by atoms with Gasteiger partial charge in [0.15, 0.2) is 0 Å². The van der Waals surface area contributed by atoms with Gasteiger partial charge in [-0.15, -0.1) is 10.2 Å². The average molecular weight is 445 g/mol. The molecule has 3 aliphatic rings. The zero-order valence-electron chi connectivity index (χ0n) is 17.8. The van der Waals surface area contributed by atoms with Crippen LogP contribution in [0.25, 0.3) is 11.3 Å². The quantitative estimate of drug-likeness (QED) is 0.688. The number of benzene rings is 1. The van der Waals surface area contributed by atoms with Crippen LogP contribution in [0.2, 0.25) is 5.02 Å². The van der Waals surface area contributed by atoms with Crippen molar-refractivity contribution in [3.63, 3.8) is 0 Å². The van der Waals surface area contributed by atoms with Crippen molar-refractivity contribution < 1.29 is 9.13 Å². The van der Waals surface area contributed by atoms with E-state index < -0.39 is 0 Å². The van der Waals surface area contributed by atoms with Crippen molar-refractivity contribution in [1.82, 2.24) is 15.1 Å². The van der Waals surface area contributed by atoms with E-state index in [4.69, 9.17) is 16.3 Å². The minimum absolute atomic E-state index is 0.333. The highest BCUT2D eigenvalue weighted by molar-refractivity contribution is 6.33. The first-order chi connectivity index (χ1) is 15.1. The normalized spacial score (nSPS) is 25.5. The molecule has 5 nitrogen and oxygen atoms in total. The number of rotatable bonds is 6. The van der Waals surface area contributed by atoms with Gasteiger partial charge in [-0.25, -0.2) is 4.39 Å². The summed E-state index contributed by atoms with van der Waals surface area (Å²) in [7, 11) is 0. The molecule has 1 N–H and O–H groups in total. The summed E-state index contributed by atoms with van der Waals surface area (Å²) in [6, 6.07) is 8.01. The van der Waals surface area contributed by atoms with E-state index in [1.165, 1.54) is 63.9 Å². The zero-order chi connectivity index (χ0) is 21.3. The highest BCUT2D eigenvalue weighted by atomic mass is 35.5. The van der Waals surface area contributed by atoms with Crippen LogP contribution in [0.5, 0.6) is 0 Å². The molecular weight excluding hydrogens is 415 g/mol. The molecule has 7 heteroatoms. The van der Waals surface area contributed by atoms with Crippen LogP contribution < -0.4 is 5.32 Å². The first-order valence-electron chi connectivity index (χ1n) is 11.4. The van der Waals surface area contributed by atoms with Gasteiger partial charge in [-0.05, 0) is 92.8 Å². The monoisotopic (exact) mass is 444 g/mol. The second kappa shape index (κ2) is 9.00. The second-order valence-electron chi connectivity index (χ2n) is 9.46. The fourth-order valence-corrected chi connectivity index (χ4v) is 5.54. The van der Waals surface area contributed by atoms with Gasteiger partial charge < -0.3 is 15.0 Å². The highest BCUT2D eigenvalue weighted by Crippen LogP contribution is 2.59. The summed E-state index contributed by atoms with van der Waals surface area (Å²) >= 11 is 6.17. The maximum atomic E-state index is 13.5. The molecule has 2 aliphatic heterocycles. The summed E-state index contributed by atoms with van der Waals surface area (Å²) in [5.74, 6) is 1.86. The molecule has 0 radical (unpaired) electrons. The Kier molecular flexibility index (Phi) is 6.13. The molecule has 1 spiro atoms. The molecule has 1 saturated carbocycles. The molecule has 2 saturated heterocycles. The van der Waals surface area contributed by atoms with Crippen LogP contribution in [0.1, 0.15) is 32.1 Å². The van der Waals surface area contributed by atoms with Gasteiger partial charge in [0.25, 0.3) is 0 Å². The van der Waals surface area contributed by atoms with Gasteiger partial charge in [-0.3, -0.25) is 0 Å². The molecule has 1 aromatic carbocycles. The van der Waals surface area contributed by atoms with Crippen LogP contribution in [0.4, 0.5) is 10.2 Å². The lowest BCUT2D eigenvalue weighted by Gasteiger charge is -2.36. The van der Waals surface area contributed by atoms with Crippen molar-refractivity contribution in [2.75, 3.05) is 44.7 Å². The number of hydrogen-bond donors (Lipinski definition) is 1. The van der Waals surface area contributed by atoms with Gasteiger partial charge in [0.2, 0.25) is 0 Å². The molecular formula is C24H30ClFN4O. The van der Waals surface area contributed by atoms with E-state index in [0.717, 1.165) is 31.5 Å². The SMILES string of the molecule is Fc1ccc(Cl)c(-c2ccc(NCC3CC34CCN(CC3CCCOC3)CC4)nn2)c1. The summed E-state index contributed by atoms with van der Waals surface area (Å²) in [6.45, 7) is 6.46. The Morgan fingerprint density at radius 1 is 1.19 bits per heavy atom. The van der Waals surface area contributed by atoms with Crippen molar-refractivity contribution in [3.8, 4) is 11.3 Å². The van der Waals surface area contributed by atoms with Crippen molar-refractivity contribution in [2.45, 2.75) is 32.1 Å². The lowest BCUT2D eigenvalue weighted by atomic mass is 9.90. The van der Waals surface area contributed by atoms with Gasteiger partial charge >= 0.3 is 0 Å². The number of nitrogens with one attached hydrogen (secondary N) is 1. The third-order valence-electron chi connectivity index (χ3n) is 7.38. The number of hydrogen-bond acceptors (Lipinski definition) is 5. The number of piperidine rings is 1. The summed E-state index contributed by atoms with van der Waals surface area (Å²) in [6.07, 6.45) is 6.45. The van der Waals surface area contributed by atoms with E-state index in [2.05, 4.69) is 20.4 Å². The average Bonchev–Trinajstić information content (AvgIpc) is 3.48. The molecule has 2 atom stereocenters. The topological polar surface area (TPSA) is 50.3 Å². The smallest absolute Gasteiger partial charge is 0.148 e. The van der Waals surface area contributed by atoms with Gasteiger partial charge in [0.1, 0.15) is 11.6 Å². The predicted molar refractivity (Wildman–Crippen MR) is 121 cm³/mol. The standard InChI is InChI=1S/C24H30ClFN4O/c25-21-4-3-19(26)12-20(21)22-5-6-23(29-28-22)27-14-18-13-24(18)7-9-30(10-8-24)15-17-2-1-11-31-16-17/h3-6,12,17-18H,1-2,7-11,13-16H2,(H,27,29). The van der Waals surface area contributed by atoms with Crippen LogP contribution in [0.15, 0.2) is 30.3 Å². The van der Waals surface area contributed by atoms with Gasteiger partial charge in [-0.1, -0.05) is 11.6 Å². The number of ether oxygens (including phenoxy) is 1. The van der Waals surface area contributed by atoms with E-state index in [1.807, 2.05) is 12.1 Å². The highest BCUT2D eigenvalue weighted by Gasteiger charge is 2.54. The third-order valence-corrected chi connectivity index (χ3v) is 7.71. The number of halogens is 2. The lowest BCUT2D eigenvalue weighted by molar-refractivity contribution is 0.0309. The Morgan fingerprint density at radius 2 is 2.06 bits per heavy atom. The van der Waals surface area contributed by atoms with Crippen molar-refractivity contribution >= 4 is 17.4 Å². The number of anilines is 1. The molecule has 3 heterocycles. The fraction of sp³-hybridized carbons (Fsp3) is 0.583. The Labute approximate surface area is 188 Å². The first kappa shape index (κ1) is 21.1. The Hall–Kier alpha value is -1.76. The Bertz CT molecular complexity index is 895. The van der Waals surface area contributed by atoms with E-state index in [1.54, 1.807) is 6.07 Å². The maximum Gasteiger partial charge on any atom is 0.148 e. The maximum absolute atomic E-state index is 13.5. The fourth-order valence-electron chi connectivity index (χ4n) is 5.32. The molecule has 0 bridgehead atoms.